The molecule has 0 unspecified atom stereocenters. The van der Waals surface area contributed by atoms with Crippen molar-refractivity contribution in [1.82, 2.24) is 0 Å². The summed E-state index contributed by atoms with van der Waals surface area (Å²) >= 11 is 0. The Hall–Kier alpha value is -3.95. The van der Waals surface area contributed by atoms with E-state index in [1.165, 1.54) is 24.3 Å². The number of aliphatic hydroxyl groups excluding tert-OH is 15. The molecular formula is C39H50O26. The number of aromatic hydroxyl groups is 1. The maximum atomic E-state index is 14.4. The van der Waals surface area contributed by atoms with Gasteiger partial charge in [0.1, 0.15) is 126 Å². The molecule has 4 saturated heterocycles. The van der Waals surface area contributed by atoms with Crippen molar-refractivity contribution in [3.8, 4) is 34.3 Å². The third-order valence-electron chi connectivity index (χ3n) is 11.4. The maximum Gasteiger partial charge on any atom is 0.239 e. The average molecular weight is 935 g/mol. The lowest BCUT2D eigenvalue weighted by molar-refractivity contribution is -0.323. The summed E-state index contributed by atoms with van der Waals surface area (Å²) in [4.78, 5) is 14.4. The molecule has 16 N–H and O–H groups in total. The molecule has 0 aliphatic carbocycles. The number of hydrogen-bond donors (Lipinski definition) is 16. The second-order valence-electron chi connectivity index (χ2n) is 15.7. The Bertz CT molecular complexity index is 2120. The van der Waals surface area contributed by atoms with Crippen LogP contribution in [0, 0.1) is 0 Å². The van der Waals surface area contributed by atoms with Gasteiger partial charge in [-0.3, -0.25) is 4.79 Å². The largest absolute Gasteiger partial charge is 0.507 e. The number of ether oxygens (including phenoxy) is 8. The molecule has 26 heteroatoms. The lowest BCUT2D eigenvalue weighted by atomic mass is 9.98. The minimum atomic E-state index is -2.12. The maximum absolute atomic E-state index is 14.4. The molecular weight excluding hydrogens is 884 g/mol. The fourth-order valence-electron chi connectivity index (χ4n) is 7.57. The van der Waals surface area contributed by atoms with Crippen LogP contribution in [0.25, 0.3) is 22.3 Å². The number of rotatable bonds is 13. The SMILES string of the molecule is O=c1c(O[C@@H]2O[C@H](CO[C@@H]3O[C@H](CO)[C@@H](O)[C@H](O)[C@H]3O)[C@@H](O)[C@H](O)[C@H]2O)c(-c2ccc(O[C@H]3O[C@H](CO)[C@@H](O)[C@H](O)[C@H]3O)cc2)oc2cc(O[C@@H]3O[C@@H](CO)[C@@H](O)[C@H](O)[C@H]3O)cc(O)c12. The summed E-state index contributed by atoms with van der Waals surface area (Å²) in [6, 6.07) is 7.02. The van der Waals surface area contributed by atoms with E-state index in [1.807, 2.05) is 0 Å². The van der Waals surface area contributed by atoms with Crippen LogP contribution in [-0.2, 0) is 23.7 Å². The van der Waals surface area contributed by atoms with Crippen LogP contribution in [0.4, 0.5) is 0 Å². The Balaban J connectivity index is 1.22. The first-order valence-electron chi connectivity index (χ1n) is 20.1. The Morgan fingerprint density at radius 1 is 0.477 bits per heavy atom. The topological polar surface area (TPSA) is 428 Å². The highest BCUT2D eigenvalue weighted by molar-refractivity contribution is 5.88. The van der Waals surface area contributed by atoms with Gasteiger partial charge < -0.3 is 124 Å². The minimum absolute atomic E-state index is 0.0201. The smallest absolute Gasteiger partial charge is 0.239 e. The summed E-state index contributed by atoms with van der Waals surface area (Å²) < 4.78 is 50.5. The molecule has 4 aliphatic rings. The first-order chi connectivity index (χ1) is 30.9. The Morgan fingerprint density at radius 3 is 1.38 bits per heavy atom. The van der Waals surface area contributed by atoms with Crippen LogP contribution in [0.5, 0.6) is 23.0 Å². The van der Waals surface area contributed by atoms with Crippen LogP contribution in [0.1, 0.15) is 0 Å². The van der Waals surface area contributed by atoms with Crippen LogP contribution in [0.15, 0.2) is 45.6 Å². The molecule has 2 aromatic carbocycles. The van der Waals surface area contributed by atoms with Crippen LogP contribution >= 0.6 is 0 Å². The summed E-state index contributed by atoms with van der Waals surface area (Å²) in [5, 5.41) is 164. The molecule has 26 nitrogen and oxygen atoms in total. The molecule has 20 atom stereocenters. The van der Waals surface area contributed by atoms with Gasteiger partial charge in [-0.2, -0.15) is 0 Å². The van der Waals surface area contributed by atoms with E-state index < -0.39 is 183 Å². The Kier molecular flexibility index (Phi) is 15.1. The predicted octanol–water partition coefficient (Wildman–Crippen LogP) is -7.47. The van der Waals surface area contributed by atoms with Crippen LogP contribution < -0.4 is 19.6 Å². The third-order valence-corrected chi connectivity index (χ3v) is 11.4. The third kappa shape index (κ3) is 9.62. The molecule has 0 spiro atoms. The molecule has 0 bridgehead atoms. The molecule has 65 heavy (non-hydrogen) atoms. The summed E-state index contributed by atoms with van der Waals surface area (Å²) in [6.45, 7) is -3.08. The quantitative estimate of drug-likeness (QED) is 0.0757. The number of benzene rings is 2. The molecule has 4 fully saturated rings. The van der Waals surface area contributed by atoms with Gasteiger partial charge in [0.05, 0.1) is 26.4 Å². The van der Waals surface area contributed by atoms with Crippen molar-refractivity contribution in [1.29, 1.82) is 0 Å². The predicted molar refractivity (Wildman–Crippen MR) is 205 cm³/mol. The van der Waals surface area contributed by atoms with E-state index in [9.17, 15) is 86.5 Å². The summed E-state index contributed by atoms with van der Waals surface area (Å²) in [6.07, 6.45) is -35.0. The van der Waals surface area contributed by atoms with Gasteiger partial charge in [0, 0.05) is 17.7 Å². The van der Waals surface area contributed by atoms with E-state index >= 15 is 0 Å². The number of fused-ring (bicyclic) bond motifs is 1. The van der Waals surface area contributed by atoms with E-state index in [4.69, 9.17) is 42.3 Å². The fraction of sp³-hybridized carbons (Fsp3) is 0.615. The molecule has 0 saturated carbocycles. The van der Waals surface area contributed by atoms with Crippen molar-refractivity contribution in [3.05, 3.63) is 46.6 Å². The summed E-state index contributed by atoms with van der Waals surface area (Å²) in [5.74, 6) is -2.48. The molecule has 3 aromatic rings. The summed E-state index contributed by atoms with van der Waals surface area (Å²) in [7, 11) is 0. The minimum Gasteiger partial charge on any atom is -0.507 e. The standard InChI is InChI=1S/C39H50O26/c40-7-16-21(44)26(49)30(53)36(61-16)57-10-19-24(47)29(52)33(56)39(64-19)65-35-25(48)20-14(43)5-13(59-38-32(55)28(51)23(46)18(9-42)63-38)6-15(20)60-34(35)11-1-3-12(4-2-11)58-37-31(54)27(50)22(45)17(8-41)62-37/h1-6,16-19,21-24,26-33,36-47,49-56H,7-10H2/t16-,17-,18+,19-,21-,22-,23-,24-,26+,27+,28+,29+,30-,31-,32-,33-,36-,37+,38-,39+/m1/s1. The number of hydrogen-bond acceptors (Lipinski definition) is 26. The highest BCUT2D eigenvalue weighted by atomic mass is 16.7. The lowest BCUT2D eigenvalue weighted by Gasteiger charge is -2.42. The monoisotopic (exact) mass is 934 g/mol. The van der Waals surface area contributed by atoms with Gasteiger partial charge in [-0.1, -0.05) is 0 Å². The van der Waals surface area contributed by atoms with Crippen molar-refractivity contribution in [2.24, 2.45) is 0 Å². The number of phenols is 1. The molecule has 0 amide bonds. The van der Waals surface area contributed by atoms with E-state index in [0.29, 0.717) is 0 Å². The second kappa shape index (κ2) is 20.1. The Labute approximate surface area is 364 Å². The zero-order chi connectivity index (χ0) is 47.2. The lowest BCUT2D eigenvalue weighted by Crippen LogP contribution is -2.62. The van der Waals surface area contributed by atoms with Crippen molar-refractivity contribution >= 4 is 11.0 Å². The highest BCUT2D eigenvalue weighted by Crippen LogP contribution is 2.39. The molecule has 1 aromatic heterocycles. The van der Waals surface area contributed by atoms with E-state index in [1.54, 1.807) is 0 Å². The normalized spacial score (nSPS) is 40.1. The molecule has 4 aliphatic heterocycles. The second-order valence-corrected chi connectivity index (χ2v) is 15.7. The molecule has 5 heterocycles. The van der Waals surface area contributed by atoms with Gasteiger partial charge in [0.15, 0.2) is 12.1 Å². The van der Waals surface area contributed by atoms with Gasteiger partial charge in [0.25, 0.3) is 0 Å². The zero-order valence-corrected chi connectivity index (χ0v) is 33.6. The van der Waals surface area contributed by atoms with Crippen LogP contribution in [-0.4, -0.2) is 231 Å². The number of phenolic OH excluding ortho intramolecular Hbond substituents is 1. The van der Waals surface area contributed by atoms with E-state index in [0.717, 1.165) is 12.1 Å². The van der Waals surface area contributed by atoms with Crippen LogP contribution in [0.3, 0.4) is 0 Å². The van der Waals surface area contributed by atoms with E-state index in [2.05, 4.69) is 0 Å². The first kappa shape index (κ1) is 49.0. The summed E-state index contributed by atoms with van der Waals surface area (Å²) in [5.41, 5.74) is -1.59. The van der Waals surface area contributed by atoms with Crippen molar-refractivity contribution in [3.63, 3.8) is 0 Å². The van der Waals surface area contributed by atoms with E-state index in [-0.39, 0.29) is 17.1 Å². The van der Waals surface area contributed by atoms with Gasteiger partial charge in [-0.25, -0.2) is 0 Å². The molecule has 362 valence electrons. The van der Waals surface area contributed by atoms with Crippen molar-refractivity contribution < 1.29 is 124 Å². The van der Waals surface area contributed by atoms with Gasteiger partial charge in [-0.15, -0.1) is 0 Å². The van der Waals surface area contributed by atoms with Crippen molar-refractivity contribution in [2.45, 2.75) is 123 Å². The fourth-order valence-corrected chi connectivity index (χ4v) is 7.57. The van der Waals surface area contributed by atoms with Gasteiger partial charge >= 0.3 is 0 Å². The first-order valence-corrected chi connectivity index (χ1v) is 20.1. The van der Waals surface area contributed by atoms with Gasteiger partial charge in [-0.05, 0) is 24.3 Å². The Morgan fingerprint density at radius 2 is 0.892 bits per heavy atom. The average Bonchev–Trinajstić information content (AvgIpc) is 3.29. The molecule has 7 rings (SSSR count). The molecule has 0 radical (unpaired) electrons. The zero-order valence-electron chi connectivity index (χ0n) is 33.6. The highest BCUT2D eigenvalue weighted by Gasteiger charge is 2.49. The van der Waals surface area contributed by atoms with Gasteiger partial charge in [0.2, 0.25) is 30.0 Å². The van der Waals surface area contributed by atoms with Crippen LogP contribution in [0.2, 0.25) is 0 Å². The number of aliphatic hydroxyl groups is 15. The van der Waals surface area contributed by atoms with Crippen molar-refractivity contribution in [2.75, 3.05) is 26.4 Å².